The van der Waals surface area contributed by atoms with Crippen LogP contribution in [0.3, 0.4) is 0 Å². The van der Waals surface area contributed by atoms with Crippen LogP contribution in [0.4, 0.5) is 17.3 Å². The molecule has 0 bridgehead atoms. The summed E-state index contributed by atoms with van der Waals surface area (Å²) in [6.45, 7) is 0. The van der Waals surface area contributed by atoms with Crippen LogP contribution in [0, 0.1) is 0 Å². The summed E-state index contributed by atoms with van der Waals surface area (Å²) in [4.78, 5) is 6.14. The Morgan fingerprint density at radius 1 is 1.20 bits per heavy atom. The number of nitrogens with zero attached hydrogens (tertiary/aromatic N) is 2. The summed E-state index contributed by atoms with van der Waals surface area (Å²) in [7, 11) is 3.47. The van der Waals surface area contributed by atoms with Crippen molar-refractivity contribution in [2.24, 2.45) is 5.84 Å². The fraction of sp³-hybridized carbons (Fsp3) is 0.154. The van der Waals surface area contributed by atoms with E-state index in [-0.39, 0.29) is 0 Å². The number of methoxy groups -OCH3 is 1. The minimum absolute atomic E-state index is 0.365. The number of pyridine rings is 1. The molecular formula is C13H14Cl2N4O. The van der Waals surface area contributed by atoms with Crippen molar-refractivity contribution in [1.82, 2.24) is 4.98 Å². The smallest absolute Gasteiger partial charge is 0.161 e. The molecule has 3 N–H and O–H groups in total. The normalized spacial score (nSPS) is 10.2. The number of nitrogens with one attached hydrogen (secondary N) is 1. The SMILES string of the molecule is COc1ccc(N(C)c2nc(NN)c(Cl)cc2Cl)cc1. The van der Waals surface area contributed by atoms with Crippen LogP contribution in [0.5, 0.6) is 5.75 Å². The van der Waals surface area contributed by atoms with E-state index in [9.17, 15) is 0 Å². The molecule has 0 atom stereocenters. The molecule has 106 valence electrons. The number of anilines is 3. The lowest BCUT2D eigenvalue weighted by Crippen LogP contribution is -2.15. The van der Waals surface area contributed by atoms with Gasteiger partial charge in [-0.1, -0.05) is 23.2 Å². The molecule has 0 aliphatic carbocycles. The maximum absolute atomic E-state index is 6.18. The third-order valence-electron chi connectivity index (χ3n) is 2.83. The van der Waals surface area contributed by atoms with E-state index in [2.05, 4.69) is 10.4 Å². The predicted molar refractivity (Wildman–Crippen MR) is 83.1 cm³/mol. The molecular weight excluding hydrogens is 299 g/mol. The summed E-state index contributed by atoms with van der Waals surface area (Å²) in [6.07, 6.45) is 0. The second kappa shape index (κ2) is 6.17. The number of hydrazine groups is 1. The number of nitrogens with two attached hydrogens (primary N) is 1. The number of rotatable bonds is 4. The molecule has 1 heterocycles. The molecule has 1 aromatic carbocycles. The van der Waals surface area contributed by atoms with Crippen molar-refractivity contribution in [3.8, 4) is 5.75 Å². The lowest BCUT2D eigenvalue weighted by atomic mass is 10.2. The van der Waals surface area contributed by atoms with Gasteiger partial charge in [0.2, 0.25) is 0 Å². The largest absolute Gasteiger partial charge is 0.497 e. The van der Waals surface area contributed by atoms with Crippen LogP contribution in [-0.2, 0) is 0 Å². The standard InChI is InChI=1S/C13H14Cl2N4O/c1-19(8-3-5-9(20-2)6-4-8)13-11(15)7-10(14)12(17-13)18-16/h3-7H,16H2,1-2H3,(H,17,18). The van der Waals surface area contributed by atoms with Gasteiger partial charge in [-0.3, -0.25) is 0 Å². The Kier molecular flexibility index (Phi) is 4.54. The van der Waals surface area contributed by atoms with Gasteiger partial charge in [0, 0.05) is 12.7 Å². The lowest BCUT2D eigenvalue weighted by molar-refractivity contribution is 0.415. The Hall–Kier alpha value is -1.69. The van der Waals surface area contributed by atoms with Crippen molar-refractivity contribution in [2.75, 3.05) is 24.5 Å². The molecule has 7 heteroatoms. The zero-order valence-electron chi connectivity index (χ0n) is 11.0. The number of ether oxygens (including phenoxy) is 1. The van der Waals surface area contributed by atoms with Crippen molar-refractivity contribution in [2.45, 2.75) is 0 Å². The minimum atomic E-state index is 0.365. The van der Waals surface area contributed by atoms with E-state index in [4.69, 9.17) is 33.8 Å². The minimum Gasteiger partial charge on any atom is -0.497 e. The maximum atomic E-state index is 6.18. The second-order valence-electron chi connectivity index (χ2n) is 4.03. The first-order valence-electron chi connectivity index (χ1n) is 5.77. The number of hydrogen-bond acceptors (Lipinski definition) is 5. The molecule has 20 heavy (non-hydrogen) atoms. The van der Waals surface area contributed by atoms with Crippen molar-refractivity contribution < 1.29 is 4.74 Å². The molecule has 0 aliphatic heterocycles. The Morgan fingerprint density at radius 2 is 1.85 bits per heavy atom. The van der Waals surface area contributed by atoms with Crippen LogP contribution < -0.4 is 20.9 Å². The molecule has 2 aromatic rings. The van der Waals surface area contributed by atoms with Gasteiger partial charge in [0.05, 0.1) is 17.2 Å². The Labute approximate surface area is 127 Å². The van der Waals surface area contributed by atoms with Gasteiger partial charge < -0.3 is 15.1 Å². The molecule has 0 aliphatic rings. The van der Waals surface area contributed by atoms with Gasteiger partial charge in [-0.2, -0.15) is 0 Å². The first-order chi connectivity index (χ1) is 9.56. The number of aromatic nitrogens is 1. The highest BCUT2D eigenvalue weighted by Crippen LogP contribution is 2.34. The van der Waals surface area contributed by atoms with E-state index in [1.807, 2.05) is 36.2 Å². The molecule has 0 spiro atoms. The highest BCUT2D eigenvalue weighted by molar-refractivity contribution is 6.37. The molecule has 2 rings (SSSR count). The predicted octanol–water partition coefficient (Wildman–Crippen LogP) is 3.45. The Balaban J connectivity index is 2.38. The van der Waals surface area contributed by atoms with Gasteiger partial charge in [-0.05, 0) is 30.3 Å². The third kappa shape index (κ3) is 2.90. The van der Waals surface area contributed by atoms with Crippen molar-refractivity contribution in [3.05, 3.63) is 40.4 Å². The molecule has 0 radical (unpaired) electrons. The van der Waals surface area contributed by atoms with Crippen LogP contribution in [0.1, 0.15) is 0 Å². The first-order valence-corrected chi connectivity index (χ1v) is 6.53. The number of hydrogen-bond donors (Lipinski definition) is 2. The van der Waals surface area contributed by atoms with E-state index >= 15 is 0 Å². The fourth-order valence-corrected chi connectivity index (χ4v) is 2.26. The molecule has 0 unspecified atom stereocenters. The van der Waals surface area contributed by atoms with Crippen LogP contribution in [0.15, 0.2) is 30.3 Å². The van der Waals surface area contributed by atoms with Gasteiger partial charge >= 0.3 is 0 Å². The highest BCUT2D eigenvalue weighted by Gasteiger charge is 2.14. The van der Waals surface area contributed by atoms with Gasteiger partial charge in [0.1, 0.15) is 5.75 Å². The van der Waals surface area contributed by atoms with E-state index < -0.39 is 0 Å². The van der Waals surface area contributed by atoms with Gasteiger partial charge in [-0.25, -0.2) is 10.8 Å². The summed E-state index contributed by atoms with van der Waals surface area (Å²) < 4.78 is 5.13. The fourth-order valence-electron chi connectivity index (χ4n) is 1.72. The molecule has 0 fully saturated rings. The number of halogens is 2. The molecule has 5 nitrogen and oxygen atoms in total. The molecule has 0 saturated carbocycles. The van der Waals surface area contributed by atoms with E-state index in [0.717, 1.165) is 11.4 Å². The molecule has 0 amide bonds. The average molecular weight is 313 g/mol. The lowest BCUT2D eigenvalue weighted by Gasteiger charge is -2.20. The van der Waals surface area contributed by atoms with Crippen LogP contribution >= 0.6 is 23.2 Å². The zero-order valence-corrected chi connectivity index (χ0v) is 12.5. The summed E-state index contributed by atoms with van der Waals surface area (Å²) in [5.74, 6) is 7.07. The maximum Gasteiger partial charge on any atom is 0.161 e. The van der Waals surface area contributed by atoms with Crippen LogP contribution in [0.25, 0.3) is 0 Å². The second-order valence-corrected chi connectivity index (χ2v) is 4.84. The van der Waals surface area contributed by atoms with Gasteiger partial charge in [-0.15, -0.1) is 0 Å². The van der Waals surface area contributed by atoms with E-state index in [1.165, 1.54) is 0 Å². The summed E-state index contributed by atoms with van der Waals surface area (Å²) in [6, 6.07) is 9.12. The molecule has 0 saturated heterocycles. The highest BCUT2D eigenvalue weighted by atomic mass is 35.5. The monoisotopic (exact) mass is 312 g/mol. The summed E-state index contributed by atoms with van der Waals surface area (Å²) in [5.41, 5.74) is 3.35. The van der Waals surface area contributed by atoms with E-state index in [0.29, 0.717) is 21.7 Å². The van der Waals surface area contributed by atoms with Crippen molar-refractivity contribution in [1.29, 1.82) is 0 Å². The topological polar surface area (TPSA) is 63.4 Å². The average Bonchev–Trinajstić information content (AvgIpc) is 2.47. The number of benzene rings is 1. The first kappa shape index (κ1) is 14.7. The van der Waals surface area contributed by atoms with Crippen LogP contribution in [-0.4, -0.2) is 19.1 Å². The zero-order chi connectivity index (χ0) is 14.7. The molecule has 1 aromatic heterocycles. The van der Waals surface area contributed by atoms with Gasteiger partial charge in [0.25, 0.3) is 0 Å². The quantitative estimate of drug-likeness (QED) is 0.668. The number of nitrogen functional groups attached to an aromatic ring is 1. The van der Waals surface area contributed by atoms with E-state index in [1.54, 1.807) is 13.2 Å². The summed E-state index contributed by atoms with van der Waals surface area (Å²) >= 11 is 12.1. The van der Waals surface area contributed by atoms with Crippen LogP contribution in [0.2, 0.25) is 10.0 Å². The van der Waals surface area contributed by atoms with Crippen molar-refractivity contribution >= 4 is 40.5 Å². The summed E-state index contributed by atoms with van der Waals surface area (Å²) in [5, 5.41) is 0.802. The Bertz CT molecular complexity index is 604. The van der Waals surface area contributed by atoms with Gasteiger partial charge in [0.15, 0.2) is 11.6 Å². The van der Waals surface area contributed by atoms with Crippen molar-refractivity contribution in [3.63, 3.8) is 0 Å². The third-order valence-corrected chi connectivity index (χ3v) is 3.39. The Morgan fingerprint density at radius 3 is 2.40 bits per heavy atom.